The Balaban J connectivity index is 1.33. The van der Waals surface area contributed by atoms with Gasteiger partial charge >= 0.3 is 0 Å². The zero-order chi connectivity index (χ0) is 19.8. The quantitative estimate of drug-likeness (QED) is 0.520. The highest BCUT2D eigenvalue weighted by Gasteiger charge is 2.20. The molecule has 2 heterocycles. The molecule has 6 heteroatoms. The van der Waals surface area contributed by atoms with Gasteiger partial charge in [-0.15, -0.1) is 0 Å². The van der Waals surface area contributed by atoms with Crippen LogP contribution in [-0.2, 0) is 11.3 Å². The molecule has 1 aliphatic heterocycles. The number of aromatic nitrogens is 1. The van der Waals surface area contributed by atoms with Gasteiger partial charge in [-0.05, 0) is 49.2 Å². The molecule has 0 aliphatic carbocycles. The molecule has 2 aromatic rings. The van der Waals surface area contributed by atoms with Crippen LogP contribution in [0, 0.1) is 0 Å². The molecule has 0 radical (unpaired) electrons. The first-order chi connectivity index (χ1) is 13.6. The van der Waals surface area contributed by atoms with Crippen molar-refractivity contribution in [3.8, 4) is 5.75 Å². The van der Waals surface area contributed by atoms with Crippen molar-refractivity contribution in [1.82, 2.24) is 14.8 Å². The number of nitrogens with zero attached hydrogens (tertiary/aromatic N) is 3. The van der Waals surface area contributed by atoms with Crippen molar-refractivity contribution in [3.05, 3.63) is 59.9 Å². The van der Waals surface area contributed by atoms with Crippen molar-refractivity contribution in [2.45, 2.75) is 26.3 Å². The number of carbonyl (C=O) groups is 2. The molecule has 6 nitrogen and oxygen atoms in total. The van der Waals surface area contributed by atoms with Crippen LogP contribution in [0.1, 0.15) is 35.7 Å². The standard InChI is InChI=1S/C22H27N3O3/c1-18(26)20-6-8-21(9-7-20)28-15-3-5-22(27)25-13-11-24(12-14-25)17-19-4-2-10-23-16-19/h2,4,6-10,16H,3,5,11-15,17H2,1H3. The number of ether oxygens (including phenoxy) is 1. The molecular weight excluding hydrogens is 354 g/mol. The molecule has 0 atom stereocenters. The summed E-state index contributed by atoms with van der Waals surface area (Å²) in [5, 5.41) is 0. The van der Waals surface area contributed by atoms with Gasteiger partial charge in [0.25, 0.3) is 0 Å². The lowest BCUT2D eigenvalue weighted by atomic mass is 10.1. The Bertz CT molecular complexity index is 769. The Hall–Kier alpha value is -2.73. The minimum Gasteiger partial charge on any atom is -0.494 e. The first-order valence-electron chi connectivity index (χ1n) is 9.74. The fraction of sp³-hybridized carbons (Fsp3) is 0.409. The molecule has 28 heavy (non-hydrogen) atoms. The Morgan fingerprint density at radius 2 is 1.82 bits per heavy atom. The monoisotopic (exact) mass is 381 g/mol. The third kappa shape index (κ3) is 5.89. The molecular formula is C22H27N3O3. The molecule has 1 fully saturated rings. The van der Waals surface area contributed by atoms with E-state index in [1.807, 2.05) is 17.2 Å². The third-order valence-electron chi connectivity index (χ3n) is 4.92. The van der Waals surface area contributed by atoms with Crippen LogP contribution in [0.5, 0.6) is 5.75 Å². The van der Waals surface area contributed by atoms with E-state index < -0.39 is 0 Å². The zero-order valence-corrected chi connectivity index (χ0v) is 16.3. The number of amides is 1. The number of Topliss-reactive ketones (excluding diaryl/α,β-unsaturated/α-hetero) is 1. The number of hydrogen-bond acceptors (Lipinski definition) is 5. The van der Waals surface area contributed by atoms with Crippen LogP contribution in [0.15, 0.2) is 48.8 Å². The molecule has 1 aromatic heterocycles. The molecule has 1 aliphatic rings. The predicted molar refractivity (Wildman–Crippen MR) is 107 cm³/mol. The van der Waals surface area contributed by atoms with E-state index in [-0.39, 0.29) is 11.7 Å². The average Bonchev–Trinajstić information content (AvgIpc) is 2.72. The van der Waals surface area contributed by atoms with E-state index in [1.54, 1.807) is 37.4 Å². The van der Waals surface area contributed by atoms with Crippen molar-refractivity contribution in [2.24, 2.45) is 0 Å². The topological polar surface area (TPSA) is 62.7 Å². The van der Waals surface area contributed by atoms with Gasteiger partial charge in [0, 0.05) is 57.1 Å². The lowest BCUT2D eigenvalue weighted by molar-refractivity contribution is -0.133. The highest BCUT2D eigenvalue weighted by atomic mass is 16.5. The summed E-state index contributed by atoms with van der Waals surface area (Å²) in [7, 11) is 0. The zero-order valence-electron chi connectivity index (χ0n) is 16.3. The maximum atomic E-state index is 12.4. The van der Waals surface area contributed by atoms with Gasteiger partial charge in [-0.3, -0.25) is 19.5 Å². The van der Waals surface area contributed by atoms with Gasteiger partial charge in [0.2, 0.25) is 5.91 Å². The number of pyridine rings is 1. The minimum atomic E-state index is 0.0395. The first-order valence-corrected chi connectivity index (χ1v) is 9.74. The first kappa shape index (κ1) is 20.0. The largest absolute Gasteiger partial charge is 0.494 e. The van der Waals surface area contributed by atoms with Crippen LogP contribution >= 0.6 is 0 Å². The number of ketones is 1. The lowest BCUT2D eigenvalue weighted by Gasteiger charge is -2.34. The second-order valence-corrected chi connectivity index (χ2v) is 7.05. The Morgan fingerprint density at radius 1 is 1.07 bits per heavy atom. The summed E-state index contributed by atoms with van der Waals surface area (Å²) < 4.78 is 5.67. The summed E-state index contributed by atoms with van der Waals surface area (Å²) in [5.74, 6) is 0.954. The highest BCUT2D eigenvalue weighted by molar-refractivity contribution is 5.94. The third-order valence-corrected chi connectivity index (χ3v) is 4.92. The van der Waals surface area contributed by atoms with Gasteiger partial charge in [-0.25, -0.2) is 0 Å². The minimum absolute atomic E-state index is 0.0395. The number of piperazine rings is 1. The number of hydrogen-bond donors (Lipinski definition) is 0. The van der Waals surface area contributed by atoms with Gasteiger partial charge in [0.1, 0.15) is 5.75 Å². The number of rotatable bonds is 8. The van der Waals surface area contributed by atoms with Crippen LogP contribution in [0.2, 0.25) is 0 Å². The van der Waals surface area contributed by atoms with Crippen molar-refractivity contribution in [2.75, 3.05) is 32.8 Å². The van der Waals surface area contributed by atoms with E-state index in [9.17, 15) is 9.59 Å². The molecule has 0 N–H and O–H groups in total. The Morgan fingerprint density at radius 3 is 2.46 bits per heavy atom. The smallest absolute Gasteiger partial charge is 0.222 e. The van der Waals surface area contributed by atoms with E-state index in [2.05, 4.69) is 16.0 Å². The molecule has 0 bridgehead atoms. The lowest BCUT2D eigenvalue weighted by Crippen LogP contribution is -2.48. The van der Waals surface area contributed by atoms with Crippen molar-refractivity contribution in [3.63, 3.8) is 0 Å². The van der Waals surface area contributed by atoms with E-state index in [0.29, 0.717) is 25.0 Å². The van der Waals surface area contributed by atoms with E-state index >= 15 is 0 Å². The summed E-state index contributed by atoms with van der Waals surface area (Å²) >= 11 is 0. The van der Waals surface area contributed by atoms with E-state index in [4.69, 9.17) is 4.74 Å². The fourth-order valence-electron chi connectivity index (χ4n) is 3.26. The molecule has 1 aromatic carbocycles. The van der Waals surface area contributed by atoms with E-state index in [0.717, 1.165) is 38.5 Å². The maximum absolute atomic E-state index is 12.4. The second kappa shape index (κ2) is 9.99. The van der Waals surface area contributed by atoms with Crippen molar-refractivity contribution in [1.29, 1.82) is 0 Å². The van der Waals surface area contributed by atoms with Gasteiger partial charge in [-0.1, -0.05) is 6.07 Å². The summed E-state index contributed by atoms with van der Waals surface area (Å²) in [5.41, 5.74) is 1.88. The summed E-state index contributed by atoms with van der Waals surface area (Å²) in [6, 6.07) is 11.1. The van der Waals surface area contributed by atoms with Gasteiger partial charge in [-0.2, -0.15) is 0 Å². The van der Waals surface area contributed by atoms with Crippen LogP contribution in [0.25, 0.3) is 0 Å². The Labute approximate surface area is 166 Å². The molecule has 1 saturated heterocycles. The normalized spacial score (nSPS) is 14.7. The van der Waals surface area contributed by atoms with Crippen LogP contribution in [-0.4, -0.2) is 59.3 Å². The van der Waals surface area contributed by atoms with E-state index in [1.165, 1.54) is 5.56 Å². The van der Waals surface area contributed by atoms with Gasteiger partial charge in [0.15, 0.2) is 5.78 Å². The van der Waals surface area contributed by atoms with Gasteiger partial charge in [0.05, 0.1) is 6.61 Å². The molecule has 0 unspecified atom stereocenters. The summed E-state index contributed by atoms with van der Waals surface area (Å²) in [6.45, 7) is 6.23. The molecule has 3 rings (SSSR count). The molecule has 1 amide bonds. The van der Waals surface area contributed by atoms with Crippen molar-refractivity contribution < 1.29 is 14.3 Å². The molecule has 148 valence electrons. The predicted octanol–water partition coefficient (Wildman–Crippen LogP) is 2.79. The Kier molecular flexibility index (Phi) is 7.14. The maximum Gasteiger partial charge on any atom is 0.222 e. The fourth-order valence-corrected chi connectivity index (χ4v) is 3.26. The van der Waals surface area contributed by atoms with Crippen LogP contribution in [0.4, 0.5) is 0 Å². The molecule has 0 saturated carbocycles. The molecule has 0 spiro atoms. The number of carbonyl (C=O) groups excluding carboxylic acids is 2. The highest BCUT2D eigenvalue weighted by Crippen LogP contribution is 2.14. The second-order valence-electron chi connectivity index (χ2n) is 7.05. The SMILES string of the molecule is CC(=O)c1ccc(OCCCC(=O)N2CCN(Cc3cccnc3)CC2)cc1. The van der Waals surface area contributed by atoms with Crippen molar-refractivity contribution >= 4 is 11.7 Å². The summed E-state index contributed by atoms with van der Waals surface area (Å²) in [6.07, 6.45) is 4.85. The van der Waals surface area contributed by atoms with Crippen LogP contribution < -0.4 is 4.74 Å². The summed E-state index contributed by atoms with van der Waals surface area (Å²) in [4.78, 5) is 32.1. The average molecular weight is 381 g/mol. The number of benzene rings is 1. The van der Waals surface area contributed by atoms with Gasteiger partial charge < -0.3 is 9.64 Å². The van der Waals surface area contributed by atoms with Crippen LogP contribution in [0.3, 0.4) is 0 Å².